The third kappa shape index (κ3) is 58.9. The second kappa shape index (κ2) is 57.6. The number of carbonyl (C=O) groups excluding carboxylic acids is 3. The number of carbonyl (C=O) groups is 3. The van der Waals surface area contributed by atoms with Gasteiger partial charge in [0.05, 0.1) is 40.3 Å². The summed E-state index contributed by atoms with van der Waals surface area (Å²) in [5.74, 6) is -2.40. The monoisotopic (exact) mass is 1070 g/mol. The van der Waals surface area contributed by atoms with Crippen molar-refractivity contribution in [2.75, 3.05) is 47.5 Å². The number of rotatable bonds is 54. The third-order valence-corrected chi connectivity index (χ3v) is 12.4. The molecule has 0 rings (SSSR count). The first-order chi connectivity index (χ1) is 37.6. The minimum Gasteiger partial charge on any atom is -0.545 e. The van der Waals surface area contributed by atoms with Crippen LogP contribution in [0.3, 0.4) is 0 Å². The largest absolute Gasteiger partial charge is 0.545 e. The number of quaternary nitrogens is 1. The van der Waals surface area contributed by atoms with E-state index >= 15 is 0 Å². The Morgan fingerprint density at radius 3 is 1.09 bits per heavy atom. The van der Waals surface area contributed by atoms with Crippen LogP contribution in [-0.2, 0) is 33.3 Å². The average molecular weight is 1070 g/mol. The predicted octanol–water partition coefficient (Wildman–Crippen LogP) is 16.9. The van der Waals surface area contributed by atoms with Crippen LogP contribution in [0.4, 0.5) is 0 Å². The van der Waals surface area contributed by atoms with Gasteiger partial charge in [-0.3, -0.25) is 9.59 Å². The molecule has 0 spiro atoms. The van der Waals surface area contributed by atoms with Crippen molar-refractivity contribution < 1.29 is 42.9 Å². The minimum atomic E-state index is -1.64. The van der Waals surface area contributed by atoms with Gasteiger partial charge in [-0.1, -0.05) is 244 Å². The Bertz CT molecular complexity index is 1720. The molecule has 2 unspecified atom stereocenters. The SMILES string of the molecule is CC/C=C\C/C=C\C/C=C\C/C=C\C/C=C\C/C=C\C/C=C\CCCCCCCCCCCCCCCCCCCC(=O)OC(COC(=O)CC/C=C\C/C=C\C/C=C\C/C=C\CC)COC(OCC[N+](C)(C)C)C(=O)[O-]. The van der Waals surface area contributed by atoms with Gasteiger partial charge in [0.2, 0.25) is 0 Å². The van der Waals surface area contributed by atoms with Gasteiger partial charge in [-0.2, -0.15) is 0 Å². The number of unbranched alkanes of at least 4 members (excludes halogenated alkanes) is 17. The quantitative estimate of drug-likeness (QED) is 0.0195. The van der Waals surface area contributed by atoms with E-state index in [1.165, 1.54) is 89.9 Å². The maximum atomic E-state index is 12.8. The van der Waals surface area contributed by atoms with E-state index < -0.39 is 30.3 Å². The van der Waals surface area contributed by atoms with Crippen molar-refractivity contribution >= 4 is 17.9 Å². The molecule has 9 nitrogen and oxygen atoms in total. The molecule has 0 N–H and O–H groups in total. The fraction of sp³-hybridized carbons (Fsp3) is 0.632. The van der Waals surface area contributed by atoms with Crippen molar-refractivity contribution in [1.29, 1.82) is 0 Å². The van der Waals surface area contributed by atoms with Crippen molar-refractivity contribution in [3.8, 4) is 0 Å². The second-order valence-electron chi connectivity index (χ2n) is 20.9. The maximum Gasteiger partial charge on any atom is 0.306 e. The number of hydrogen-bond acceptors (Lipinski definition) is 8. The van der Waals surface area contributed by atoms with E-state index in [9.17, 15) is 19.5 Å². The Hall–Kier alpha value is -4.57. The van der Waals surface area contributed by atoms with Gasteiger partial charge in [-0.15, -0.1) is 0 Å². The van der Waals surface area contributed by atoms with Gasteiger partial charge >= 0.3 is 11.9 Å². The summed E-state index contributed by atoms with van der Waals surface area (Å²) in [6.07, 6.45) is 79.8. The molecule has 0 heterocycles. The highest BCUT2D eigenvalue weighted by atomic mass is 16.7. The van der Waals surface area contributed by atoms with Crippen LogP contribution >= 0.6 is 0 Å². The molecular weight excluding hydrogens is 959 g/mol. The standard InChI is InChI=1S/C68H111NO8/c1-6-8-10-12-14-16-18-20-21-22-23-24-25-26-27-28-29-30-31-32-33-34-35-36-37-38-39-40-41-42-43-44-45-47-49-51-53-55-57-59-66(71)77-64(63-76-68(67(72)73)74-61-60-69(3,4)5)62-75-65(70)58-56-54-52-50-48-46-19-17-15-13-11-9-7-2/h8-11,14-17,20-21,23-24,26-27,29-30,32-33,46,48,52,54,64,68H,6-7,12-13,18-19,22,25,28,31,34-45,47,49-51,53,55-63H2,1-5H3/b10-8-,11-9-,16-14-,17-15-,21-20-,24-23-,27-26-,30-29-,33-32-,48-46-,54-52-. The number of ether oxygens (including phenoxy) is 4. The summed E-state index contributed by atoms with van der Waals surface area (Å²) in [5, 5.41) is 11.8. The first kappa shape index (κ1) is 72.4. The number of allylic oxidation sites excluding steroid dienone is 22. The van der Waals surface area contributed by atoms with Gasteiger partial charge in [0.25, 0.3) is 0 Å². The number of carboxylic acids is 1. The zero-order chi connectivity index (χ0) is 56.2. The first-order valence-corrected chi connectivity index (χ1v) is 30.3. The molecule has 0 aromatic heterocycles. The second-order valence-corrected chi connectivity index (χ2v) is 20.9. The highest BCUT2D eigenvalue weighted by Gasteiger charge is 2.21. The number of hydrogen-bond donors (Lipinski definition) is 0. The van der Waals surface area contributed by atoms with Crippen LogP contribution in [0.5, 0.6) is 0 Å². The third-order valence-electron chi connectivity index (χ3n) is 12.4. The Morgan fingerprint density at radius 2 is 0.727 bits per heavy atom. The van der Waals surface area contributed by atoms with Gasteiger partial charge in [-0.05, 0) is 96.3 Å². The lowest BCUT2D eigenvalue weighted by Crippen LogP contribution is -2.44. The number of likely N-dealkylation sites (N-methyl/N-ethyl adjacent to an activating group) is 1. The Kier molecular flexibility index (Phi) is 54.2. The van der Waals surface area contributed by atoms with Crippen LogP contribution in [-0.4, -0.2) is 82.3 Å². The molecule has 0 aliphatic rings. The number of aliphatic carboxylic acids is 1. The molecule has 0 aromatic rings. The zero-order valence-electron chi connectivity index (χ0n) is 49.5. The molecular formula is C68H111NO8. The van der Waals surface area contributed by atoms with Crippen LogP contribution in [0.1, 0.15) is 219 Å². The first-order valence-electron chi connectivity index (χ1n) is 30.3. The van der Waals surface area contributed by atoms with Crippen molar-refractivity contribution in [2.45, 2.75) is 232 Å². The van der Waals surface area contributed by atoms with Crippen LogP contribution in [0.25, 0.3) is 0 Å². The van der Waals surface area contributed by atoms with E-state index in [1.807, 2.05) is 33.3 Å². The molecule has 77 heavy (non-hydrogen) atoms. The number of nitrogens with zero attached hydrogens (tertiary/aromatic N) is 1. The fourth-order valence-corrected chi connectivity index (χ4v) is 7.82. The Morgan fingerprint density at radius 1 is 0.390 bits per heavy atom. The summed E-state index contributed by atoms with van der Waals surface area (Å²) in [6.45, 7) is 4.41. The van der Waals surface area contributed by atoms with E-state index in [-0.39, 0.29) is 32.7 Å². The normalized spacial score (nSPS) is 13.7. The molecule has 0 aromatic carbocycles. The summed E-state index contributed by atoms with van der Waals surface area (Å²) in [6, 6.07) is 0. The van der Waals surface area contributed by atoms with Crippen LogP contribution in [0, 0.1) is 0 Å². The van der Waals surface area contributed by atoms with Crippen molar-refractivity contribution in [2.24, 2.45) is 0 Å². The lowest BCUT2D eigenvalue weighted by Gasteiger charge is -2.26. The molecule has 0 fully saturated rings. The van der Waals surface area contributed by atoms with E-state index in [2.05, 4.69) is 135 Å². The number of esters is 2. The van der Waals surface area contributed by atoms with Gasteiger partial charge in [0.1, 0.15) is 13.2 Å². The fourth-order valence-electron chi connectivity index (χ4n) is 7.82. The molecule has 0 bridgehead atoms. The topological polar surface area (TPSA) is 111 Å². The van der Waals surface area contributed by atoms with E-state index in [1.54, 1.807) is 0 Å². The highest BCUT2D eigenvalue weighted by Crippen LogP contribution is 2.16. The van der Waals surface area contributed by atoms with E-state index in [0.29, 0.717) is 23.9 Å². The molecule has 0 aliphatic carbocycles. The molecule has 9 heteroatoms. The summed E-state index contributed by atoms with van der Waals surface area (Å²) in [7, 11) is 5.89. The average Bonchev–Trinajstić information content (AvgIpc) is 3.40. The Labute approximate surface area is 471 Å². The number of carboxylic acid groups (broad SMARTS) is 1. The molecule has 0 saturated heterocycles. The van der Waals surface area contributed by atoms with Crippen LogP contribution in [0.15, 0.2) is 134 Å². The predicted molar refractivity (Wildman–Crippen MR) is 324 cm³/mol. The van der Waals surface area contributed by atoms with Crippen molar-refractivity contribution in [1.82, 2.24) is 0 Å². The Balaban J connectivity index is 4.08. The van der Waals surface area contributed by atoms with Gasteiger partial charge in [0, 0.05) is 12.8 Å². The maximum absolute atomic E-state index is 12.8. The summed E-state index contributed by atoms with van der Waals surface area (Å²) < 4.78 is 22.6. The van der Waals surface area contributed by atoms with Crippen molar-refractivity contribution in [3.05, 3.63) is 134 Å². The molecule has 2 atom stereocenters. The summed E-state index contributed by atoms with van der Waals surface area (Å²) >= 11 is 0. The highest BCUT2D eigenvalue weighted by molar-refractivity contribution is 5.70. The van der Waals surface area contributed by atoms with Gasteiger partial charge in [-0.25, -0.2) is 0 Å². The van der Waals surface area contributed by atoms with Gasteiger partial charge < -0.3 is 33.3 Å². The summed E-state index contributed by atoms with van der Waals surface area (Å²) in [4.78, 5) is 37.2. The molecule has 436 valence electrons. The molecule has 0 saturated carbocycles. The minimum absolute atomic E-state index is 0.132. The van der Waals surface area contributed by atoms with E-state index in [0.717, 1.165) is 89.9 Å². The van der Waals surface area contributed by atoms with Crippen LogP contribution < -0.4 is 5.11 Å². The molecule has 0 aliphatic heterocycles. The lowest BCUT2D eigenvalue weighted by atomic mass is 10.0. The van der Waals surface area contributed by atoms with Crippen molar-refractivity contribution in [3.63, 3.8) is 0 Å². The molecule has 0 radical (unpaired) electrons. The smallest absolute Gasteiger partial charge is 0.306 e. The van der Waals surface area contributed by atoms with Gasteiger partial charge in [0.15, 0.2) is 12.4 Å². The summed E-state index contributed by atoms with van der Waals surface area (Å²) in [5.41, 5.74) is 0. The molecule has 0 amide bonds. The van der Waals surface area contributed by atoms with E-state index in [4.69, 9.17) is 18.9 Å². The lowest BCUT2D eigenvalue weighted by molar-refractivity contribution is -0.870. The van der Waals surface area contributed by atoms with Crippen LogP contribution in [0.2, 0.25) is 0 Å². The zero-order valence-corrected chi connectivity index (χ0v) is 49.5.